The van der Waals surface area contributed by atoms with Crippen molar-refractivity contribution in [1.29, 1.82) is 0 Å². The van der Waals surface area contributed by atoms with E-state index in [9.17, 15) is 18.4 Å². The summed E-state index contributed by atoms with van der Waals surface area (Å²) in [5.74, 6) is -2.77. The minimum Gasteiger partial charge on any atom is -0.454 e. The fraction of sp³-hybridized carbons (Fsp3) is 0.263. The van der Waals surface area contributed by atoms with Crippen molar-refractivity contribution in [2.45, 2.75) is 19.9 Å². The molecule has 3 rings (SSSR count). The second-order valence-corrected chi connectivity index (χ2v) is 6.35. The van der Waals surface area contributed by atoms with Gasteiger partial charge >= 0.3 is 0 Å². The molecule has 8 heteroatoms. The van der Waals surface area contributed by atoms with Gasteiger partial charge in [-0.15, -0.1) is 0 Å². The molecule has 0 bridgehead atoms. The van der Waals surface area contributed by atoms with Gasteiger partial charge in [0.25, 0.3) is 5.91 Å². The van der Waals surface area contributed by atoms with Gasteiger partial charge in [-0.2, -0.15) is 0 Å². The lowest BCUT2D eigenvalue weighted by atomic mass is 10.0. The van der Waals surface area contributed by atoms with E-state index in [1.807, 2.05) is 0 Å². The minimum absolute atomic E-state index is 0.103. The first-order valence-corrected chi connectivity index (χ1v) is 8.32. The topological polar surface area (TPSA) is 76.7 Å². The molecule has 142 valence electrons. The van der Waals surface area contributed by atoms with E-state index in [1.54, 1.807) is 32.0 Å². The number of hydrogen-bond acceptors (Lipinski definition) is 4. The number of carbonyl (C=O) groups excluding carboxylic acids is 2. The van der Waals surface area contributed by atoms with Crippen LogP contribution in [0.25, 0.3) is 0 Å². The van der Waals surface area contributed by atoms with Crippen molar-refractivity contribution in [2.75, 3.05) is 12.1 Å². The summed E-state index contributed by atoms with van der Waals surface area (Å²) < 4.78 is 38.1. The zero-order valence-electron chi connectivity index (χ0n) is 14.7. The smallest absolute Gasteiger partial charge is 0.257 e. The first-order chi connectivity index (χ1) is 12.9. The van der Waals surface area contributed by atoms with Crippen LogP contribution in [0.5, 0.6) is 11.5 Å². The highest BCUT2D eigenvalue weighted by atomic mass is 19.1. The number of anilines is 1. The fourth-order valence-electron chi connectivity index (χ4n) is 2.66. The Hall–Kier alpha value is -3.16. The molecule has 27 heavy (non-hydrogen) atoms. The van der Waals surface area contributed by atoms with E-state index in [-0.39, 0.29) is 12.7 Å². The number of halogens is 2. The lowest BCUT2D eigenvalue weighted by Crippen LogP contribution is -2.47. The highest BCUT2D eigenvalue weighted by Crippen LogP contribution is 2.34. The molecule has 0 aromatic heterocycles. The van der Waals surface area contributed by atoms with E-state index in [1.165, 1.54) is 0 Å². The average molecular weight is 376 g/mol. The van der Waals surface area contributed by atoms with E-state index in [0.717, 1.165) is 18.2 Å². The quantitative estimate of drug-likeness (QED) is 0.841. The normalized spacial score (nSPS) is 13.4. The molecule has 2 aromatic carbocycles. The maximum absolute atomic E-state index is 13.8. The van der Waals surface area contributed by atoms with Crippen molar-refractivity contribution in [3.8, 4) is 11.5 Å². The van der Waals surface area contributed by atoms with E-state index >= 15 is 0 Å². The van der Waals surface area contributed by atoms with E-state index < -0.39 is 35.1 Å². The van der Waals surface area contributed by atoms with Crippen LogP contribution in [0, 0.1) is 17.6 Å². The standard InChI is InChI=1S/C19H18F2N2O4/c1-10(2)17(23-18(24)16-12(20)4-3-5-13(16)21)19(25)22-11-6-7-14-15(8-11)27-9-26-14/h3-8,10,17H,9H2,1-2H3,(H,22,25)(H,23,24)/t17-/m0/s1. The predicted molar refractivity (Wildman–Crippen MR) is 93.6 cm³/mol. The van der Waals surface area contributed by atoms with Crippen molar-refractivity contribution in [3.05, 3.63) is 53.6 Å². The Balaban J connectivity index is 1.75. The Morgan fingerprint density at radius 1 is 1.04 bits per heavy atom. The zero-order chi connectivity index (χ0) is 19.6. The third-order valence-electron chi connectivity index (χ3n) is 4.07. The van der Waals surface area contributed by atoms with Gasteiger partial charge in [-0.05, 0) is 30.2 Å². The monoisotopic (exact) mass is 376 g/mol. The predicted octanol–water partition coefficient (Wildman–Crippen LogP) is 3.09. The maximum Gasteiger partial charge on any atom is 0.257 e. The SMILES string of the molecule is CC(C)[C@H](NC(=O)c1c(F)cccc1F)C(=O)Nc1ccc2c(c1)OCO2. The fourth-order valence-corrected chi connectivity index (χ4v) is 2.66. The lowest BCUT2D eigenvalue weighted by Gasteiger charge is -2.22. The van der Waals surface area contributed by atoms with Crippen molar-refractivity contribution in [3.63, 3.8) is 0 Å². The van der Waals surface area contributed by atoms with E-state index in [0.29, 0.717) is 17.2 Å². The summed E-state index contributed by atoms with van der Waals surface area (Å²) in [6.45, 7) is 3.52. The molecule has 0 saturated carbocycles. The summed E-state index contributed by atoms with van der Waals surface area (Å²) in [6, 6.07) is 6.99. The average Bonchev–Trinajstić information content (AvgIpc) is 3.06. The number of ether oxygens (including phenoxy) is 2. The number of benzene rings is 2. The van der Waals surface area contributed by atoms with Gasteiger partial charge in [0.1, 0.15) is 23.2 Å². The number of fused-ring (bicyclic) bond motifs is 1. The molecule has 1 atom stereocenters. The molecule has 0 aliphatic carbocycles. The Bertz CT molecular complexity index is 866. The third-order valence-corrected chi connectivity index (χ3v) is 4.07. The molecule has 1 aliphatic rings. The second-order valence-electron chi connectivity index (χ2n) is 6.35. The van der Waals surface area contributed by atoms with Crippen LogP contribution in [0.15, 0.2) is 36.4 Å². The summed E-state index contributed by atoms with van der Waals surface area (Å²) in [7, 11) is 0. The Labute approximate surface area is 154 Å². The van der Waals surface area contributed by atoms with Gasteiger partial charge < -0.3 is 20.1 Å². The molecule has 1 aliphatic heterocycles. The molecule has 0 saturated heterocycles. The van der Waals surface area contributed by atoms with Crippen LogP contribution in [0.4, 0.5) is 14.5 Å². The highest BCUT2D eigenvalue weighted by Gasteiger charge is 2.27. The van der Waals surface area contributed by atoms with Crippen LogP contribution in [0.3, 0.4) is 0 Å². The van der Waals surface area contributed by atoms with Gasteiger partial charge in [-0.3, -0.25) is 9.59 Å². The first kappa shape index (κ1) is 18.6. The Morgan fingerprint density at radius 2 is 1.70 bits per heavy atom. The molecule has 0 radical (unpaired) electrons. The van der Waals surface area contributed by atoms with Crippen LogP contribution in [0.2, 0.25) is 0 Å². The first-order valence-electron chi connectivity index (χ1n) is 8.32. The summed E-state index contributed by atoms with van der Waals surface area (Å²) in [5, 5.41) is 5.06. The maximum atomic E-state index is 13.8. The van der Waals surface area contributed by atoms with E-state index in [4.69, 9.17) is 9.47 Å². The summed E-state index contributed by atoms with van der Waals surface area (Å²) in [6.07, 6.45) is 0. The van der Waals surface area contributed by atoms with Gasteiger partial charge in [-0.1, -0.05) is 19.9 Å². The molecule has 2 amide bonds. The number of rotatable bonds is 5. The molecule has 2 aromatic rings. The second kappa shape index (κ2) is 7.61. The van der Waals surface area contributed by atoms with Crippen molar-refractivity contribution >= 4 is 17.5 Å². The molecule has 6 nitrogen and oxygen atoms in total. The largest absolute Gasteiger partial charge is 0.454 e. The molecule has 0 unspecified atom stereocenters. The van der Waals surface area contributed by atoms with Crippen molar-refractivity contribution in [2.24, 2.45) is 5.92 Å². The molecular formula is C19H18F2N2O4. The van der Waals surface area contributed by atoms with Gasteiger partial charge in [0.15, 0.2) is 11.5 Å². The van der Waals surface area contributed by atoms with Crippen LogP contribution < -0.4 is 20.1 Å². The Morgan fingerprint density at radius 3 is 2.37 bits per heavy atom. The van der Waals surface area contributed by atoms with Crippen molar-refractivity contribution in [1.82, 2.24) is 5.32 Å². The van der Waals surface area contributed by atoms with Crippen LogP contribution in [-0.2, 0) is 4.79 Å². The van der Waals surface area contributed by atoms with Gasteiger partial charge in [0, 0.05) is 11.8 Å². The van der Waals surface area contributed by atoms with Gasteiger partial charge in [-0.25, -0.2) is 8.78 Å². The molecular weight excluding hydrogens is 358 g/mol. The van der Waals surface area contributed by atoms with Gasteiger partial charge in [0.05, 0.1) is 0 Å². The molecule has 2 N–H and O–H groups in total. The number of hydrogen-bond donors (Lipinski definition) is 2. The highest BCUT2D eigenvalue weighted by molar-refractivity contribution is 6.01. The Kier molecular flexibility index (Phi) is 5.25. The number of amides is 2. The summed E-state index contributed by atoms with van der Waals surface area (Å²) in [4.78, 5) is 24.9. The summed E-state index contributed by atoms with van der Waals surface area (Å²) in [5.41, 5.74) is -0.278. The molecule has 1 heterocycles. The van der Waals surface area contributed by atoms with Crippen molar-refractivity contribution < 1.29 is 27.8 Å². The van der Waals surface area contributed by atoms with Crippen LogP contribution in [0.1, 0.15) is 24.2 Å². The number of nitrogens with one attached hydrogen (secondary N) is 2. The third kappa shape index (κ3) is 3.99. The summed E-state index contributed by atoms with van der Waals surface area (Å²) >= 11 is 0. The molecule has 0 fully saturated rings. The zero-order valence-corrected chi connectivity index (χ0v) is 14.7. The van der Waals surface area contributed by atoms with Crippen LogP contribution >= 0.6 is 0 Å². The number of carbonyl (C=O) groups is 2. The van der Waals surface area contributed by atoms with E-state index in [2.05, 4.69) is 10.6 Å². The van der Waals surface area contributed by atoms with Gasteiger partial charge in [0.2, 0.25) is 12.7 Å². The minimum atomic E-state index is -0.998. The lowest BCUT2D eigenvalue weighted by molar-refractivity contribution is -0.118. The molecule has 0 spiro atoms. The van der Waals surface area contributed by atoms with Crippen LogP contribution in [-0.4, -0.2) is 24.6 Å².